The fourth-order valence-corrected chi connectivity index (χ4v) is 2.67. The van der Waals surface area contributed by atoms with Crippen LogP contribution in [0.1, 0.15) is 48.0 Å². The zero-order valence-electron chi connectivity index (χ0n) is 10.9. The molecule has 0 heterocycles. The van der Waals surface area contributed by atoms with Crippen molar-refractivity contribution >= 4 is 11.7 Å². The van der Waals surface area contributed by atoms with Gasteiger partial charge in [0, 0.05) is 17.9 Å². The Morgan fingerprint density at radius 3 is 2.89 bits per heavy atom. The number of nitrogens with one attached hydrogen (secondary N) is 1. The van der Waals surface area contributed by atoms with E-state index in [1.807, 2.05) is 24.3 Å². The molecule has 0 radical (unpaired) electrons. The van der Waals surface area contributed by atoms with E-state index in [9.17, 15) is 9.59 Å². The molecule has 1 unspecified atom stereocenters. The largest absolute Gasteiger partial charge is 0.294 e. The predicted octanol–water partition coefficient (Wildman–Crippen LogP) is 2.50. The van der Waals surface area contributed by atoms with Gasteiger partial charge in [0.05, 0.1) is 0 Å². The lowest BCUT2D eigenvalue weighted by Crippen LogP contribution is -2.22. The monoisotopic (exact) mass is 261 g/mol. The second-order valence-electron chi connectivity index (χ2n) is 5.04. The van der Waals surface area contributed by atoms with Crippen molar-refractivity contribution in [1.29, 1.82) is 0 Å². The first kappa shape index (κ1) is 13.7. The van der Waals surface area contributed by atoms with Gasteiger partial charge in [-0.3, -0.25) is 14.8 Å². The number of hydrogen-bond donors (Lipinski definition) is 2. The average molecular weight is 261 g/mol. The molecule has 19 heavy (non-hydrogen) atoms. The van der Waals surface area contributed by atoms with Crippen LogP contribution in [0.4, 0.5) is 0 Å². The van der Waals surface area contributed by atoms with Crippen LogP contribution in [0, 0.1) is 5.92 Å². The van der Waals surface area contributed by atoms with E-state index in [0.29, 0.717) is 12.8 Å². The van der Waals surface area contributed by atoms with E-state index in [-0.39, 0.29) is 17.6 Å². The van der Waals surface area contributed by atoms with Crippen molar-refractivity contribution in [2.75, 3.05) is 0 Å². The number of carbonyl (C=O) groups is 2. The number of amides is 1. The lowest BCUT2D eigenvalue weighted by molar-refractivity contribution is -0.129. The van der Waals surface area contributed by atoms with E-state index < -0.39 is 0 Å². The molecule has 1 amide bonds. The molecule has 0 saturated heterocycles. The molecule has 4 nitrogen and oxygen atoms in total. The Morgan fingerprint density at radius 1 is 1.32 bits per heavy atom. The zero-order valence-corrected chi connectivity index (χ0v) is 10.9. The Hall–Kier alpha value is -1.68. The second-order valence-corrected chi connectivity index (χ2v) is 5.04. The standard InChI is InChI=1S/C15H19NO3/c17-14(16-19)8-4-2-6-12-10-9-11-5-1-3-7-13(11)15(12)18/h1,3,5,7,12,19H,2,4,6,8-10H2,(H,16,17). The molecule has 0 aromatic heterocycles. The van der Waals surface area contributed by atoms with Crippen LogP contribution in [-0.2, 0) is 11.2 Å². The van der Waals surface area contributed by atoms with Gasteiger partial charge in [0.15, 0.2) is 5.78 Å². The number of aryl methyl sites for hydroxylation is 1. The predicted molar refractivity (Wildman–Crippen MR) is 71.0 cm³/mol. The van der Waals surface area contributed by atoms with E-state index in [4.69, 9.17) is 5.21 Å². The molecule has 4 heteroatoms. The molecule has 1 aromatic carbocycles. The third-order valence-electron chi connectivity index (χ3n) is 3.75. The minimum absolute atomic E-state index is 0.0899. The number of Topliss-reactive ketones (excluding diaryl/α,β-unsaturated/α-hetero) is 1. The Kier molecular flexibility index (Phi) is 4.68. The molecule has 0 aliphatic heterocycles. The van der Waals surface area contributed by atoms with Gasteiger partial charge in [-0.1, -0.05) is 30.7 Å². The van der Waals surface area contributed by atoms with E-state index in [0.717, 1.165) is 36.8 Å². The summed E-state index contributed by atoms with van der Waals surface area (Å²) in [6, 6.07) is 7.81. The number of rotatable bonds is 5. The number of hydrogen-bond acceptors (Lipinski definition) is 3. The van der Waals surface area contributed by atoms with Gasteiger partial charge in [-0.15, -0.1) is 0 Å². The highest BCUT2D eigenvalue weighted by atomic mass is 16.5. The molecular formula is C15H19NO3. The molecule has 1 aliphatic rings. The zero-order chi connectivity index (χ0) is 13.7. The maximum atomic E-state index is 12.3. The molecule has 0 fully saturated rings. The maximum Gasteiger partial charge on any atom is 0.243 e. The number of fused-ring (bicyclic) bond motifs is 1. The summed E-state index contributed by atoms with van der Waals surface area (Å²) in [7, 11) is 0. The summed E-state index contributed by atoms with van der Waals surface area (Å²) >= 11 is 0. The van der Waals surface area contributed by atoms with Crippen LogP contribution in [0.15, 0.2) is 24.3 Å². The van der Waals surface area contributed by atoms with E-state index in [2.05, 4.69) is 0 Å². The van der Waals surface area contributed by atoms with Crippen LogP contribution in [0.2, 0.25) is 0 Å². The molecule has 1 aromatic rings. The minimum atomic E-state index is -0.361. The molecule has 0 bridgehead atoms. The summed E-state index contributed by atoms with van der Waals surface area (Å²) in [5.41, 5.74) is 3.64. The Labute approximate surface area is 112 Å². The van der Waals surface area contributed by atoms with E-state index in [1.165, 1.54) is 0 Å². The molecule has 1 atom stereocenters. The topological polar surface area (TPSA) is 66.4 Å². The normalized spacial score (nSPS) is 17.9. The Bertz CT molecular complexity index is 470. The fraction of sp³-hybridized carbons (Fsp3) is 0.467. The number of unbranched alkanes of at least 4 members (excludes halogenated alkanes) is 1. The fourth-order valence-electron chi connectivity index (χ4n) is 2.67. The van der Waals surface area contributed by atoms with Gasteiger partial charge in [0.25, 0.3) is 0 Å². The minimum Gasteiger partial charge on any atom is -0.294 e. The first-order valence-electron chi connectivity index (χ1n) is 6.77. The quantitative estimate of drug-likeness (QED) is 0.486. The number of benzene rings is 1. The summed E-state index contributed by atoms with van der Waals surface area (Å²) in [5, 5.41) is 8.38. The third kappa shape index (κ3) is 3.41. The summed E-state index contributed by atoms with van der Waals surface area (Å²) in [6.45, 7) is 0. The first-order chi connectivity index (χ1) is 9.22. The average Bonchev–Trinajstić information content (AvgIpc) is 2.45. The van der Waals surface area contributed by atoms with Gasteiger partial charge in [-0.2, -0.15) is 0 Å². The van der Waals surface area contributed by atoms with Crippen molar-refractivity contribution < 1.29 is 14.8 Å². The maximum absolute atomic E-state index is 12.3. The van der Waals surface area contributed by atoms with Gasteiger partial charge in [0.1, 0.15) is 0 Å². The Balaban J connectivity index is 1.84. The number of carbonyl (C=O) groups excluding carboxylic acids is 2. The van der Waals surface area contributed by atoms with Crippen molar-refractivity contribution in [3.05, 3.63) is 35.4 Å². The summed E-state index contributed by atoms with van der Waals surface area (Å²) in [6.07, 6.45) is 4.55. The lowest BCUT2D eigenvalue weighted by atomic mass is 9.80. The molecule has 0 spiro atoms. The van der Waals surface area contributed by atoms with Crippen LogP contribution < -0.4 is 5.48 Å². The van der Waals surface area contributed by atoms with Crippen LogP contribution >= 0.6 is 0 Å². The molecule has 2 N–H and O–H groups in total. The van der Waals surface area contributed by atoms with Crippen molar-refractivity contribution in [3.63, 3.8) is 0 Å². The lowest BCUT2D eigenvalue weighted by Gasteiger charge is -2.23. The number of hydroxylamine groups is 1. The second kappa shape index (κ2) is 6.48. The van der Waals surface area contributed by atoms with Crippen molar-refractivity contribution in [1.82, 2.24) is 5.48 Å². The Morgan fingerprint density at radius 2 is 2.11 bits per heavy atom. The van der Waals surface area contributed by atoms with Crippen molar-refractivity contribution in [2.45, 2.75) is 38.5 Å². The van der Waals surface area contributed by atoms with Crippen LogP contribution in [0.3, 0.4) is 0 Å². The van der Waals surface area contributed by atoms with Gasteiger partial charge in [0.2, 0.25) is 5.91 Å². The molecule has 0 saturated carbocycles. The van der Waals surface area contributed by atoms with Gasteiger partial charge in [-0.05, 0) is 31.2 Å². The smallest absolute Gasteiger partial charge is 0.243 e. The van der Waals surface area contributed by atoms with Crippen molar-refractivity contribution in [3.8, 4) is 0 Å². The highest BCUT2D eigenvalue weighted by molar-refractivity contribution is 6.00. The molecular weight excluding hydrogens is 242 g/mol. The number of ketones is 1. The van der Waals surface area contributed by atoms with Gasteiger partial charge in [-0.25, -0.2) is 5.48 Å². The van der Waals surface area contributed by atoms with E-state index in [1.54, 1.807) is 5.48 Å². The highest BCUT2D eigenvalue weighted by Crippen LogP contribution is 2.28. The van der Waals surface area contributed by atoms with Gasteiger partial charge < -0.3 is 0 Å². The van der Waals surface area contributed by atoms with Crippen LogP contribution in [-0.4, -0.2) is 16.9 Å². The first-order valence-corrected chi connectivity index (χ1v) is 6.77. The summed E-state index contributed by atoms with van der Waals surface area (Å²) < 4.78 is 0. The molecule has 1 aliphatic carbocycles. The van der Waals surface area contributed by atoms with Crippen molar-refractivity contribution in [2.24, 2.45) is 5.92 Å². The van der Waals surface area contributed by atoms with Crippen LogP contribution in [0.25, 0.3) is 0 Å². The highest BCUT2D eigenvalue weighted by Gasteiger charge is 2.26. The third-order valence-corrected chi connectivity index (χ3v) is 3.75. The van der Waals surface area contributed by atoms with E-state index >= 15 is 0 Å². The van der Waals surface area contributed by atoms with Crippen LogP contribution in [0.5, 0.6) is 0 Å². The summed E-state index contributed by atoms with van der Waals surface area (Å²) in [5.74, 6) is -0.0270. The molecule has 102 valence electrons. The van der Waals surface area contributed by atoms with Gasteiger partial charge >= 0.3 is 0 Å². The summed E-state index contributed by atoms with van der Waals surface area (Å²) in [4.78, 5) is 23.1. The molecule has 2 rings (SSSR count). The SMILES string of the molecule is O=C(CCCCC1CCc2ccccc2C1=O)NO.